The molecule has 0 aromatic carbocycles. The fourth-order valence-corrected chi connectivity index (χ4v) is 0.794. The normalized spacial score (nSPS) is 12.5. The van der Waals surface area contributed by atoms with Crippen molar-refractivity contribution in [3.05, 3.63) is 0 Å². The van der Waals surface area contributed by atoms with Crippen molar-refractivity contribution in [2.24, 2.45) is 0 Å². The quantitative estimate of drug-likeness (QED) is 0.447. The van der Waals surface area contributed by atoms with Crippen LogP contribution in [0, 0.1) is 0 Å². The Kier molecular flexibility index (Phi) is 7.15. The summed E-state index contributed by atoms with van der Waals surface area (Å²) in [5.74, 6) is 0. The van der Waals surface area contributed by atoms with Crippen molar-refractivity contribution in [1.29, 1.82) is 0 Å². The first kappa shape index (κ1) is 10.4. The van der Waals surface area contributed by atoms with Crippen LogP contribution >= 0.6 is 0 Å². The first-order valence-corrected chi connectivity index (χ1v) is 4.07. The lowest BCUT2D eigenvalue weighted by Gasteiger charge is -2.09. The van der Waals surface area contributed by atoms with Crippen LogP contribution in [0.1, 0.15) is 33.1 Å². The van der Waals surface area contributed by atoms with Gasteiger partial charge in [0.05, 0.1) is 0 Å². The van der Waals surface area contributed by atoms with Crippen LogP contribution in [0.25, 0.3) is 0 Å². The van der Waals surface area contributed by atoms with E-state index < -0.39 is 0 Å². The molecule has 1 unspecified atom stereocenters. The van der Waals surface area contributed by atoms with Gasteiger partial charge in [0.15, 0.2) is 6.23 Å². The fourth-order valence-electron chi connectivity index (χ4n) is 0.794. The molecule has 65 valence electrons. The Morgan fingerprint density at radius 1 is 1.55 bits per heavy atom. The van der Waals surface area contributed by atoms with Crippen LogP contribution in [0.4, 0.5) is 0 Å². The summed E-state index contributed by atoms with van der Waals surface area (Å²) < 4.78 is 4.51. The second-order valence-corrected chi connectivity index (χ2v) is 2.50. The molecular formula is C8H16NO2. The predicted octanol–water partition coefficient (Wildman–Crippen LogP) is 1.20. The number of unbranched alkanes of at least 4 members (excludes halogenated alkanes) is 2. The van der Waals surface area contributed by atoms with Gasteiger partial charge in [0.2, 0.25) is 0 Å². The minimum atomic E-state index is -0.204. The highest BCUT2D eigenvalue weighted by Crippen LogP contribution is 1.92. The summed E-state index contributed by atoms with van der Waals surface area (Å²) in [4.78, 5) is 9.72. The van der Waals surface area contributed by atoms with Crippen LogP contribution in [-0.4, -0.2) is 19.2 Å². The molecule has 3 nitrogen and oxygen atoms in total. The van der Waals surface area contributed by atoms with E-state index in [1.54, 1.807) is 6.92 Å². The Morgan fingerprint density at radius 3 is 2.82 bits per heavy atom. The Hall–Kier alpha value is -0.570. The van der Waals surface area contributed by atoms with E-state index in [0.29, 0.717) is 0 Å². The molecule has 1 radical (unpaired) electrons. The molecule has 0 rings (SSSR count). The van der Waals surface area contributed by atoms with Crippen molar-refractivity contribution in [3.63, 3.8) is 0 Å². The van der Waals surface area contributed by atoms with Gasteiger partial charge in [0.25, 0.3) is 0 Å². The third kappa shape index (κ3) is 7.33. The van der Waals surface area contributed by atoms with Gasteiger partial charge in [-0.25, -0.2) is 4.79 Å². The average molecular weight is 158 g/mol. The van der Waals surface area contributed by atoms with Crippen LogP contribution < -0.4 is 5.32 Å². The first-order chi connectivity index (χ1) is 5.31. The second-order valence-electron chi connectivity index (χ2n) is 2.50. The zero-order valence-electron chi connectivity index (χ0n) is 7.22. The van der Waals surface area contributed by atoms with E-state index in [-0.39, 0.29) is 6.23 Å². The molecule has 3 heteroatoms. The lowest BCUT2D eigenvalue weighted by molar-refractivity contribution is 0.159. The molecule has 0 fully saturated rings. The van der Waals surface area contributed by atoms with Crippen molar-refractivity contribution in [3.8, 4) is 0 Å². The van der Waals surface area contributed by atoms with Crippen LogP contribution in [0.5, 0.6) is 0 Å². The molecule has 0 aromatic rings. The van der Waals surface area contributed by atoms with Crippen LogP contribution in [-0.2, 0) is 9.53 Å². The standard InChI is InChI=1S/C8H16NO2/c1-3-4-5-6-9-8(2)11-7-10/h8-9H,3-6H2,1-2H3. The van der Waals surface area contributed by atoms with E-state index in [1.165, 1.54) is 19.3 Å². The average Bonchev–Trinajstić information content (AvgIpc) is 1.99. The fraction of sp³-hybridized carbons (Fsp3) is 0.875. The molecule has 0 aliphatic heterocycles. The number of hydrogen-bond donors (Lipinski definition) is 1. The molecule has 0 aromatic heterocycles. The summed E-state index contributed by atoms with van der Waals surface area (Å²) in [7, 11) is 0. The molecule has 1 atom stereocenters. The lowest BCUT2D eigenvalue weighted by atomic mass is 10.2. The SMILES string of the molecule is CCCCCNC(C)O[C]=O. The summed E-state index contributed by atoms with van der Waals surface area (Å²) in [5, 5.41) is 3.03. The molecule has 0 heterocycles. The minimum absolute atomic E-state index is 0.204. The summed E-state index contributed by atoms with van der Waals surface area (Å²) in [6.45, 7) is 6.24. The van der Waals surface area contributed by atoms with Crippen LogP contribution in [0.2, 0.25) is 0 Å². The van der Waals surface area contributed by atoms with E-state index in [4.69, 9.17) is 0 Å². The molecule has 0 bridgehead atoms. The van der Waals surface area contributed by atoms with Gasteiger partial charge in [0, 0.05) is 0 Å². The number of ether oxygens (including phenoxy) is 1. The van der Waals surface area contributed by atoms with Crippen LogP contribution in [0.15, 0.2) is 0 Å². The summed E-state index contributed by atoms with van der Waals surface area (Å²) in [6.07, 6.45) is 3.34. The van der Waals surface area contributed by atoms with Crippen molar-refractivity contribution >= 4 is 6.47 Å². The Bertz CT molecular complexity index is 96.1. The largest absolute Gasteiger partial charge is 0.438 e. The highest BCUT2D eigenvalue weighted by molar-refractivity contribution is 5.38. The van der Waals surface area contributed by atoms with E-state index in [2.05, 4.69) is 17.0 Å². The molecule has 0 saturated heterocycles. The van der Waals surface area contributed by atoms with Gasteiger partial charge in [-0.1, -0.05) is 19.8 Å². The maximum Gasteiger partial charge on any atom is 0.419 e. The molecule has 1 N–H and O–H groups in total. The Morgan fingerprint density at radius 2 is 2.27 bits per heavy atom. The van der Waals surface area contributed by atoms with Gasteiger partial charge < -0.3 is 4.74 Å². The Balaban J connectivity index is 3.03. The van der Waals surface area contributed by atoms with E-state index >= 15 is 0 Å². The van der Waals surface area contributed by atoms with E-state index in [1.807, 2.05) is 0 Å². The zero-order chi connectivity index (χ0) is 8.53. The van der Waals surface area contributed by atoms with Gasteiger partial charge in [-0.15, -0.1) is 0 Å². The highest BCUT2D eigenvalue weighted by Gasteiger charge is 1.97. The maximum atomic E-state index is 9.72. The van der Waals surface area contributed by atoms with Gasteiger partial charge in [-0.05, 0) is 19.9 Å². The van der Waals surface area contributed by atoms with E-state index in [9.17, 15) is 4.79 Å². The lowest BCUT2D eigenvalue weighted by Crippen LogP contribution is -2.29. The van der Waals surface area contributed by atoms with E-state index in [0.717, 1.165) is 13.0 Å². The third-order valence-electron chi connectivity index (χ3n) is 1.44. The van der Waals surface area contributed by atoms with Gasteiger partial charge in [0.1, 0.15) is 0 Å². The highest BCUT2D eigenvalue weighted by atomic mass is 16.5. The zero-order valence-corrected chi connectivity index (χ0v) is 7.22. The summed E-state index contributed by atoms with van der Waals surface area (Å²) >= 11 is 0. The third-order valence-corrected chi connectivity index (χ3v) is 1.44. The second kappa shape index (κ2) is 7.54. The molecule has 0 spiro atoms. The molecule has 0 aliphatic rings. The predicted molar refractivity (Wildman–Crippen MR) is 43.8 cm³/mol. The van der Waals surface area contributed by atoms with Gasteiger partial charge >= 0.3 is 6.47 Å². The number of carbonyl (C=O) groups excluding carboxylic acids is 1. The summed E-state index contributed by atoms with van der Waals surface area (Å²) in [6, 6.07) is 0. The molecule has 0 amide bonds. The molecule has 0 aliphatic carbocycles. The van der Waals surface area contributed by atoms with Crippen LogP contribution in [0.3, 0.4) is 0 Å². The molecular weight excluding hydrogens is 142 g/mol. The Labute approximate surface area is 68.1 Å². The van der Waals surface area contributed by atoms with Gasteiger partial charge in [-0.2, -0.15) is 0 Å². The van der Waals surface area contributed by atoms with Crippen molar-refractivity contribution in [2.75, 3.05) is 6.54 Å². The monoisotopic (exact) mass is 158 g/mol. The smallest absolute Gasteiger partial charge is 0.419 e. The number of hydrogen-bond acceptors (Lipinski definition) is 3. The topological polar surface area (TPSA) is 38.3 Å². The minimum Gasteiger partial charge on any atom is -0.438 e. The number of nitrogens with one attached hydrogen (secondary N) is 1. The molecule has 0 saturated carbocycles. The maximum absolute atomic E-state index is 9.72. The first-order valence-electron chi connectivity index (χ1n) is 4.07. The number of rotatable bonds is 7. The van der Waals surface area contributed by atoms with Crippen molar-refractivity contribution in [2.45, 2.75) is 39.3 Å². The van der Waals surface area contributed by atoms with Crippen molar-refractivity contribution in [1.82, 2.24) is 5.32 Å². The molecule has 11 heavy (non-hydrogen) atoms. The van der Waals surface area contributed by atoms with Gasteiger partial charge in [-0.3, -0.25) is 5.32 Å². The van der Waals surface area contributed by atoms with Crippen molar-refractivity contribution < 1.29 is 9.53 Å². The summed E-state index contributed by atoms with van der Waals surface area (Å²) in [5.41, 5.74) is 0.